The van der Waals surface area contributed by atoms with Crippen LogP contribution in [0.25, 0.3) is 38.7 Å². The van der Waals surface area contributed by atoms with Crippen molar-refractivity contribution in [1.29, 1.82) is 0 Å². The fraction of sp³-hybridized carbons (Fsp3) is 0.136. The highest BCUT2D eigenvalue weighted by atomic mass is 35.5. The zero-order valence-corrected chi connectivity index (χ0v) is 16.6. The lowest BCUT2D eigenvalue weighted by molar-refractivity contribution is 0.159. The molecule has 1 aliphatic rings. The second-order valence-electron chi connectivity index (χ2n) is 7.56. The number of aromatic amines is 1. The van der Waals surface area contributed by atoms with Crippen molar-refractivity contribution in [3.8, 4) is 11.5 Å². The van der Waals surface area contributed by atoms with Crippen molar-refractivity contribution >= 4 is 61.9 Å². The second kappa shape index (κ2) is 5.66. The zero-order chi connectivity index (χ0) is 19.8. The molecule has 2 heterocycles. The number of phenolic OH excluding ortho intramolecular Hbond substituents is 1. The Hall–Kier alpha value is -2.69. The number of ether oxygens (including phenoxy) is 1. The van der Waals surface area contributed by atoms with Gasteiger partial charge in [0, 0.05) is 17.0 Å². The summed E-state index contributed by atoms with van der Waals surface area (Å²) in [7, 11) is 0. The Morgan fingerprint density at radius 2 is 1.71 bits per heavy atom. The van der Waals surface area contributed by atoms with E-state index in [9.17, 15) is 9.90 Å². The zero-order valence-electron chi connectivity index (χ0n) is 15.1. The number of fused-ring (bicyclic) bond motifs is 5. The van der Waals surface area contributed by atoms with Crippen LogP contribution in [0.5, 0.6) is 11.5 Å². The Bertz CT molecular complexity index is 1420. The van der Waals surface area contributed by atoms with Crippen molar-refractivity contribution in [1.82, 2.24) is 4.98 Å². The largest absolute Gasteiger partial charge is 0.507 e. The summed E-state index contributed by atoms with van der Waals surface area (Å²) in [5.41, 5.74) is 1.18. The molecule has 140 valence electrons. The first kappa shape index (κ1) is 17.4. The molecule has 0 bridgehead atoms. The van der Waals surface area contributed by atoms with Crippen molar-refractivity contribution in [2.24, 2.45) is 0 Å². The first-order valence-electron chi connectivity index (χ1n) is 8.76. The second-order valence-corrected chi connectivity index (χ2v) is 8.38. The molecule has 0 unspecified atom stereocenters. The summed E-state index contributed by atoms with van der Waals surface area (Å²) in [5.74, 6) is 0.417. The van der Waals surface area contributed by atoms with E-state index in [-0.39, 0.29) is 16.6 Å². The van der Waals surface area contributed by atoms with E-state index in [0.29, 0.717) is 32.2 Å². The van der Waals surface area contributed by atoms with E-state index in [4.69, 9.17) is 27.9 Å². The highest BCUT2D eigenvalue weighted by molar-refractivity contribution is 6.42. The monoisotopic (exact) mass is 411 g/mol. The molecular weight excluding hydrogens is 397 g/mol. The minimum absolute atomic E-state index is 0.114. The van der Waals surface area contributed by atoms with E-state index in [1.165, 1.54) is 6.07 Å². The molecule has 5 rings (SSSR count). The van der Waals surface area contributed by atoms with Crippen molar-refractivity contribution < 1.29 is 9.84 Å². The van der Waals surface area contributed by atoms with Crippen LogP contribution in [0, 0.1) is 0 Å². The SMILES string of the molecule is CC1(C)C=Cc2c(cc(O)c3c(=O)c4cc5cc(Cl)c(Cl)cc5cc4[nH]c23)O1. The topological polar surface area (TPSA) is 62.3 Å². The number of hydrogen-bond acceptors (Lipinski definition) is 3. The van der Waals surface area contributed by atoms with Crippen LogP contribution in [0.1, 0.15) is 19.4 Å². The van der Waals surface area contributed by atoms with E-state index in [1.807, 2.05) is 32.1 Å². The third-order valence-electron chi connectivity index (χ3n) is 5.08. The van der Waals surface area contributed by atoms with Crippen molar-refractivity contribution in [3.63, 3.8) is 0 Å². The van der Waals surface area contributed by atoms with Crippen molar-refractivity contribution in [3.05, 3.63) is 62.2 Å². The number of halogens is 2. The molecule has 3 aromatic carbocycles. The minimum atomic E-state index is -0.490. The van der Waals surface area contributed by atoms with Crippen LogP contribution in [0.3, 0.4) is 0 Å². The molecule has 0 spiro atoms. The lowest BCUT2D eigenvalue weighted by atomic mass is 9.98. The number of rotatable bonds is 0. The smallest absolute Gasteiger partial charge is 0.200 e. The Balaban J connectivity index is 1.93. The van der Waals surface area contributed by atoms with E-state index in [1.54, 1.807) is 18.2 Å². The Morgan fingerprint density at radius 3 is 2.43 bits per heavy atom. The molecule has 28 heavy (non-hydrogen) atoms. The van der Waals surface area contributed by atoms with Crippen LogP contribution in [0.15, 0.2) is 41.2 Å². The van der Waals surface area contributed by atoms with Crippen LogP contribution in [0.4, 0.5) is 0 Å². The predicted molar refractivity (Wildman–Crippen MR) is 115 cm³/mol. The highest BCUT2D eigenvalue weighted by Crippen LogP contribution is 2.40. The van der Waals surface area contributed by atoms with Gasteiger partial charge in [-0.15, -0.1) is 0 Å². The highest BCUT2D eigenvalue weighted by Gasteiger charge is 2.25. The number of phenols is 1. The number of pyridine rings is 1. The van der Waals surface area contributed by atoms with Gasteiger partial charge in [0.1, 0.15) is 17.1 Å². The van der Waals surface area contributed by atoms with Gasteiger partial charge in [-0.05, 0) is 61.0 Å². The number of aromatic hydroxyl groups is 1. The van der Waals surface area contributed by atoms with Gasteiger partial charge in [0.15, 0.2) is 0 Å². The summed E-state index contributed by atoms with van der Waals surface area (Å²) in [6.07, 6.45) is 3.84. The molecule has 0 saturated heterocycles. The van der Waals surface area contributed by atoms with Crippen LogP contribution in [-0.4, -0.2) is 15.7 Å². The lowest BCUT2D eigenvalue weighted by Gasteiger charge is -2.28. The van der Waals surface area contributed by atoms with Crippen molar-refractivity contribution in [2.75, 3.05) is 0 Å². The Morgan fingerprint density at radius 1 is 1.04 bits per heavy atom. The van der Waals surface area contributed by atoms with Gasteiger partial charge in [-0.25, -0.2) is 0 Å². The third-order valence-corrected chi connectivity index (χ3v) is 5.80. The van der Waals surface area contributed by atoms with E-state index in [0.717, 1.165) is 16.3 Å². The van der Waals surface area contributed by atoms with Gasteiger partial charge in [0.2, 0.25) is 5.43 Å². The van der Waals surface area contributed by atoms with Crippen LogP contribution < -0.4 is 10.2 Å². The summed E-state index contributed by atoms with van der Waals surface area (Å²) in [5, 5.41) is 13.8. The molecule has 1 aromatic heterocycles. The molecule has 0 atom stereocenters. The van der Waals surface area contributed by atoms with Crippen LogP contribution in [0.2, 0.25) is 10.0 Å². The first-order valence-corrected chi connectivity index (χ1v) is 9.52. The fourth-order valence-electron chi connectivity index (χ4n) is 3.73. The lowest BCUT2D eigenvalue weighted by Crippen LogP contribution is -2.27. The molecular formula is C22H15Cl2NO3. The van der Waals surface area contributed by atoms with Gasteiger partial charge < -0.3 is 14.8 Å². The van der Waals surface area contributed by atoms with Crippen molar-refractivity contribution in [2.45, 2.75) is 19.4 Å². The third kappa shape index (κ3) is 2.49. The molecule has 6 heteroatoms. The molecule has 0 radical (unpaired) electrons. The molecule has 4 aromatic rings. The normalized spacial score (nSPS) is 15.1. The van der Waals surface area contributed by atoms with E-state index < -0.39 is 5.60 Å². The molecule has 2 N–H and O–H groups in total. The maximum atomic E-state index is 13.2. The molecule has 0 amide bonds. The summed E-state index contributed by atoms with van der Waals surface area (Å²) >= 11 is 12.3. The molecule has 1 aliphatic heterocycles. The number of H-pyrrole nitrogens is 1. The minimum Gasteiger partial charge on any atom is -0.507 e. The first-order chi connectivity index (χ1) is 13.2. The van der Waals surface area contributed by atoms with Gasteiger partial charge in [-0.1, -0.05) is 23.2 Å². The Labute approximate surface area is 170 Å². The summed E-state index contributed by atoms with van der Waals surface area (Å²) < 4.78 is 5.96. The number of hydrogen-bond donors (Lipinski definition) is 2. The summed E-state index contributed by atoms with van der Waals surface area (Å²) in [6.45, 7) is 3.86. The number of nitrogens with one attached hydrogen (secondary N) is 1. The molecule has 0 saturated carbocycles. The van der Waals surface area contributed by atoms with Gasteiger partial charge in [0.05, 0.1) is 26.5 Å². The average Bonchev–Trinajstić information content (AvgIpc) is 2.60. The predicted octanol–water partition coefficient (Wildman–Crippen LogP) is 6.03. The average molecular weight is 412 g/mol. The fourth-order valence-corrected chi connectivity index (χ4v) is 4.07. The maximum absolute atomic E-state index is 13.2. The maximum Gasteiger partial charge on any atom is 0.200 e. The molecule has 4 nitrogen and oxygen atoms in total. The van der Waals surface area contributed by atoms with Gasteiger partial charge in [0.25, 0.3) is 0 Å². The van der Waals surface area contributed by atoms with Gasteiger partial charge in [-0.3, -0.25) is 4.79 Å². The number of aromatic nitrogens is 1. The van der Waals surface area contributed by atoms with Crippen LogP contribution >= 0.6 is 23.2 Å². The molecule has 0 aliphatic carbocycles. The molecule has 0 fully saturated rings. The van der Waals surface area contributed by atoms with Gasteiger partial charge in [-0.2, -0.15) is 0 Å². The summed E-state index contributed by atoms with van der Waals surface area (Å²) in [6, 6.07) is 8.63. The van der Waals surface area contributed by atoms with Crippen LogP contribution in [-0.2, 0) is 0 Å². The summed E-state index contributed by atoms with van der Waals surface area (Å²) in [4.78, 5) is 16.5. The quantitative estimate of drug-likeness (QED) is 0.347. The van der Waals surface area contributed by atoms with E-state index >= 15 is 0 Å². The standard InChI is InChI=1S/C22H15Cl2NO3/c1-22(2)4-3-12-18(28-22)9-17(26)19-20(12)25-16-8-11-7-15(24)14(23)6-10(11)5-13(16)21(19)27/h3-9,26H,1-2H3,(H,25,27). The Kier molecular flexibility index (Phi) is 3.52. The van der Waals surface area contributed by atoms with E-state index in [2.05, 4.69) is 4.98 Å². The van der Waals surface area contributed by atoms with Gasteiger partial charge >= 0.3 is 0 Å². The number of benzene rings is 3.